The van der Waals surface area contributed by atoms with Crippen molar-refractivity contribution >= 4 is 27.3 Å². The van der Waals surface area contributed by atoms with Gasteiger partial charge in [0.2, 0.25) is 0 Å². The molecule has 164 valence electrons. The first-order valence-electron chi connectivity index (χ1n) is 9.26. The number of rotatable bonds is 6. The number of aryl methyl sites for hydroxylation is 1. The number of aliphatic hydroxyl groups excluding tert-OH is 1. The second-order valence-corrected chi connectivity index (χ2v) is 9.75. The van der Waals surface area contributed by atoms with Gasteiger partial charge in [-0.15, -0.1) is 10.2 Å². The Balaban J connectivity index is 2.54. The molecule has 1 aromatic rings. The van der Waals surface area contributed by atoms with Crippen LogP contribution in [0.5, 0.6) is 5.75 Å². The second-order valence-electron chi connectivity index (χ2n) is 7.77. The summed E-state index contributed by atoms with van der Waals surface area (Å²) >= 11 is 0. The fourth-order valence-electron chi connectivity index (χ4n) is 3.41. The Morgan fingerprint density at radius 2 is 1.93 bits per heavy atom. The summed E-state index contributed by atoms with van der Waals surface area (Å²) in [6.07, 6.45) is 1.05. The number of ether oxygens (including phenoxy) is 2. The molecule has 0 aliphatic heterocycles. The van der Waals surface area contributed by atoms with Crippen LogP contribution >= 0.6 is 0 Å². The Kier molecular flexibility index (Phi) is 6.70. The van der Waals surface area contributed by atoms with Crippen molar-refractivity contribution < 1.29 is 32.6 Å². The first-order chi connectivity index (χ1) is 13.8. The summed E-state index contributed by atoms with van der Waals surface area (Å²) in [7, 11) is -2.13. The maximum absolute atomic E-state index is 12.5. The Labute approximate surface area is 175 Å². The van der Waals surface area contributed by atoms with Crippen molar-refractivity contribution in [3.05, 3.63) is 29.2 Å². The fraction of sp³-hybridized carbons (Fsp3) is 0.500. The van der Waals surface area contributed by atoms with Gasteiger partial charge >= 0.3 is 5.97 Å². The minimum Gasteiger partial charge on any atom is -0.509 e. The Morgan fingerprint density at radius 1 is 1.30 bits per heavy atom. The molecule has 1 aliphatic rings. The van der Waals surface area contributed by atoms with Gasteiger partial charge in [-0.05, 0) is 30.9 Å². The zero-order valence-corrected chi connectivity index (χ0v) is 18.7. The molecule has 0 aromatic heterocycles. The molecule has 1 unspecified atom stereocenters. The maximum atomic E-state index is 12.5. The lowest BCUT2D eigenvalue weighted by Gasteiger charge is -2.35. The first-order valence-corrected chi connectivity index (χ1v) is 11.2. The van der Waals surface area contributed by atoms with Gasteiger partial charge in [-0.25, -0.2) is 8.42 Å². The number of Topliss-reactive ketones (excluding diaryl/α,β-unsaturated/α-hetero) is 1. The number of azo groups is 1. The van der Waals surface area contributed by atoms with E-state index in [1.807, 2.05) is 0 Å². The van der Waals surface area contributed by atoms with Crippen molar-refractivity contribution in [2.75, 3.05) is 20.0 Å². The van der Waals surface area contributed by atoms with Crippen molar-refractivity contribution in [2.24, 2.45) is 21.6 Å². The van der Waals surface area contributed by atoms with Gasteiger partial charge in [0.15, 0.2) is 21.3 Å². The molecule has 0 saturated heterocycles. The molecule has 1 N–H and O–H groups in total. The predicted octanol–water partition coefficient (Wildman–Crippen LogP) is 3.44. The van der Waals surface area contributed by atoms with Gasteiger partial charge < -0.3 is 14.6 Å². The van der Waals surface area contributed by atoms with Gasteiger partial charge in [-0.1, -0.05) is 13.8 Å². The highest BCUT2D eigenvalue weighted by atomic mass is 32.2. The van der Waals surface area contributed by atoms with Crippen molar-refractivity contribution in [1.82, 2.24) is 0 Å². The molecule has 0 radical (unpaired) electrons. The summed E-state index contributed by atoms with van der Waals surface area (Å²) in [5, 5.41) is 18.5. The molecular formula is C20H26N2O7S. The third-order valence-electron chi connectivity index (χ3n) is 4.83. The average Bonchev–Trinajstić information content (AvgIpc) is 2.59. The number of hydrogen-bond acceptors (Lipinski definition) is 9. The van der Waals surface area contributed by atoms with Crippen molar-refractivity contribution in [3.63, 3.8) is 0 Å². The van der Waals surface area contributed by atoms with Crippen LogP contribution in [0.15, 0.2) is 38.7 Å². The number of benzene rings is 1. The number of hydrogen-bond donors (Lipinski definition) is 1. The predicted molar refractivity (Wildman–Crippen MR) is 109 cm³/mol. The third kappa shape index (κ3) is 4.69. The fourth-order valence-corrected chi connectivity index (χ4v) is 4.38. The summed E-state index contributed by atoms with van der Waals surface area (Å²) in [5.74, 6) is -2.53. The van der Waals surface area contributed by atoms with Crippen molar-refractivity contribution in [1.29, 1.82) is 0 Å². The number of esters is 1. The standard InChI is InChI=1S/C20H26N2O7S/c1-7-29-19(25)16-18(24)17(13(23)10-20(16,3)4)22-21-12-8-11(2)15(30(6,26)27)9-14(12)28-5/h8-9,16,24H,7,10H2,1-6H3. The zero-order valence-electron chi connectivity index (χ0n) is 17.8. The van der Waals surface area contributed by atoms with Crippen molar-refractivity contribution in [2.45, 2.75) is 39.0 Å². The van der Waals surface area contributed by atoms with Crippen LogP contribution in [0.4, 0.5) is 5.69 Å². The number of ketones is 1. The first kappa shape index (κ1) is 23.5. The number of aliphatic hydroxyl groups is 1. The average molecular weight is 439 g/mol. The number of allylic oxidation sites excluding steroid dienone is 1. The molecule has 0 saturated carbocycles. The van der Waals surface area contributed by atoms with Crippen LogP contribution in [0.3, 0.4) is 0 Å². The molecule has 0 spiro atoms. The topological polar surface area (TPSA) is 132 Å². The van der Waals surface area contributed by atoms with E-state index in [-0.39, 0.29) is 35.1 Å². The van der Waals surface area contributed by atoms with Gasteiger partial charge in [-0.3, -0.25) is 9.59 Å². The molecule has 9 nitrogen and oxygen atoms in total. The highest BCUT2D eigenvalue weighted by Gasteiger charge is 2.47. The van der Waals surface area contributed by atoms with E-state index in [1.165, 1.54) is 19.2 Å². The van der Waals surface area contributed by atoms with E-state index in [1.54, 1.807) is 27.7 Å². The van der Waals surface area contributed by atoms with E-state index in [0.29, 0.717) is 5.56 Å². The molecule has 10 heteroatoms. The second kappa shape index (κ2) is 8.55. The third-order valence-corrected chi connectivity index (χ3v) is 6.07. The van der Waals surface area contributed by atoms with Crippen molar-refractivity contribution in [3.8, 4) is 5.75 Å². The maximum Gasteiger partial charge on any atom is 0.317 e. The molecule has 1 aromatic carbocycles. The highest BCUT2D eigenvalue weighted by Crippen LogP contribution is 2.43. The summed E-state index contributed by atoms with van der Waals surface area (Å²) < 4.78 is 34.0. The molecule has 0 amide bonds. The monoisotopic (exact) mass is 438 g/mol. The van der Waals surface area contributed by atoms with Crippen LogP contribution < -0.4 is 4.74 Å². The lowest BCUT2D eigenvalue weighted by molar-refractivity contribution is -0.152. The lowest BCUT2D eigenvalue weighted by atomic mass is 9.70. The van der Waals surface area contributed by atoms with Gasteiger partial charge in [0.05, 0.1) is 18.6 Å². The summed E-state index contributed by atoms with van der Waals surface area (Å²) in [4.78, 5) is 25.0. The van der Waals surface area contributed by atoms with Gasteiger partial charge in [0.1, 0.15) is 23.1 Å². The Bertz CT molecular complexity index is 1040. The van der Waals surface area contributed by atoms with Crippen LogP contribution in [0.25, 0.3) is 0 Å². The van der Waals surface area contributed by atoms with E-state index >= 15 is 0 Å². The molecular weight excluding hydrogens is 412 g/mol. The smallest absolute Gasteiger partial charge is 0.317 e. The van der Waals surface area contributed by atoms with Crippen LogP contribution in [0.2, 0.25) is 0 Å². The normalized spacial score (nSPS) is 19.3. The molecule has 0 heterocycles. The molecule has 1 atom stereocenters. The van der Waals surface area contributed by atoms with E-state index < -0.39 is 38.7 Å². The van der Waals surface area contributed by atoms with Crippen LogP contribution in [-0.2, 0) is 24.2 Å². The molecule has 0 bridgehead atoms. The Morgan fingerprint density at radius 3 is 2.47 bits per heavy atom. The molecule has 1 aliphatic carbocycles. The van der Waals surface area contributed by atoms with Crippen LogP contribution in [0, 0.1) is 18.3 Å². The number of sulfone groups is 1. The number of nitrogens with zero attached hydrogens (tertiary/aromatic N) is 2. The molecule has 0 fully saturated rings. The van der Waals surface area contributed by atoms with Gasteiger partial charge in [0, 0.05) is 18.7 Å². The molecule has 2 rings (SSSR count). The Hall–Kier alpha value is -2.75. The van der Waals surface area contributed by atoms with E-state index in [0.717, 1.165) is 6.26 Å². The van der Waals surface area contributed by atoms with Crippen LogP contribution in [0.1, 0.15) is 32.8 Å². The van der Waals surface area contributed by atoms with E-state index in [9.17, 15) is 23.1 Å². The lowest BCUT2D eigenvalue weighted by Crippen LogP contribution is -2.40. The minimum atomic E-state index is -3.48. The highest BCUT2D eigenvalue weighted by molar-refractivity contribution is 7.90. The van der Waals surface area contributed by atoms with Gasteiger partial charge in [-0.2, -0.15) is 0 Å². The minimum absolute atomic E-state index is 0.0297. The SMILES string of the molecule is CCOC(=O)C1C(O)=C(N=Nc2cc(C)c(S(C)(=O)=O)cc2OC)C(=O)CC1(C)C. The summed E-state index contributed by atoms with van der Waals surface area (Å²) in [6, 6.07) is 2.77. The largest absolute Gasteiger partial charge is 0.509 e. The zero-order chi connectivity index (χ0) is 22.9. The number of carbonyl (C=O) groups is 2. The summed E-state index contributed by atoms with van der Waals surface area (Å²) in [6.45, 7) is 6.75. The molecule has 30 heavy (non-hydrogen) atoms. The number of methoxy groups -OCH3 is 1. The quantitative estimate of drug-likeness (QED) is 0.531. The van der Waals surface area contributed by atoms with Gasteiger partial charge in [0.25, 0.3) is 0 Å². The van der Waals surface area contributed by atoms with E-state index in [4.69, 9.17) is 9.47 Å². The number of carbonyl (C=O) groups excluding carboxylic acids is 2. The van der Waals surface area contributed by atoms with Crippen LogP contribution in [-0.4, -0.2) is 45.2 Å². The summed E-state index contributed by atoms with van der Waals surface area (Å²) in [5.41, 5.74) is -0.587. The van der Waals surface area contributed by atoms with E-state index in [2.05, 4.69) is 10.2 Å².